The predicted octanol–water partition coefficient (Wildman–Crippen LogP) is 4.08. The number of hydrogen-bond donors (Lipinski definition) is 1. The van der Waals surface area contributed by atoms with Crippen molar-refractivity contribution in [2.75, 3.05) is 30.9 Å². The average molecular weight is 403 g/mol. The van der Waals surface area contributed by atoms with Gasteiger partial charge in [0.2, 0.25) is 10.0 Å². The minimum atomic E-state index is -3.20. The highest BCUT2D eigenvalue weighted by atomic mass is 32.2. The quantitative estimate of drug-likeness (QED) is 0.758. The Bertz CT molecular complexity index is 856. The number of sulfonamides is 1. The molecule has 1 aliphatic heterocycles. The summed E-state index contributed by atoms with van der Waals surface area (Å²) in [5.41, 5.74) is 3.57. The van der Waals surface area contributed by atoms with Crippen LogP contribution in [0.5, 0.6) is 5.75 Å². The van der Waals surface area contributed by atoms with Gasteiger partial charge in [0.1, 0.15) is 5.75 Å². The lowest BCUT2D eigenvalue weighted by Crippen LogP contribution is -2.32. The first-order chi connectivity index (χ1) is 13.4. The molecule has 3 rings (SSSR count). The number of ether oxygens (including phenoxy) is 1. The van der Waals surface area contributed by atoms with Crippen LogP contribution >= 0.6 is 0 Å². The maximum atomic E-state index is 11.4. The zero-order chi connectivity index (χ0) is 20.1. The summed E-state index contributed by atoms with van der Waals surface area (Å²) in [5, 5.41) is 0. The SMILES string of the molecule is CCOc1ccc(N2CCC(c3ccc(C(C)NS(C)(=O)=O)cc3)CC2)cc1. The Hall–Kier alpha value is -2.05. The summed E-state index contributed by atoms with van der Waals surface area (Å²) in [6, 6.07) is 16.5. The molecule has 1 saturated heterocycles. The molecule has 6 heteroatoms. The topological polar surface area (TPSA) is 58.6 Å². The van der Waals surface area contributed by atoms with Crippen LogP contribution in [0.1, 0.15) is 49.8 Å². The fourth-order valence-corrected chi connectivity index (χ4v) is 4.62. The van der Waals surface area contributed by atoms with Gasteiger partial charge in [0.05, 0.1) is 12.9 Å². The first-order valence-electron chi connectivity index (χ1n) is 9.90. The molecule has 2 aromatic carbocycles. The van der Waals surface area contributed by atoms with E-state index < -0.39 is 10.0 Å². The Kier molecular flexibility index (Phi) is 6.62. The molecule has 0 bridgehead atoms. The molecule has 1 N–H and O–H groups in total. The molecular weight excluding hydrogens is 372 g/mol. The lowest BCUT2D eigenvalue weighted by Gasteiger charge is -2.34. The van der Waals surface area contributed by atoms with Crippen LogP contribution in [-0.4, -0.2) is 34.4 Å². The first kappa shape index (κ1) is 20.7. The lowest BCUT2D eigenvalue weighted by molar-refractivity contribution is 0.340. The molecule has 0 spiro atoms. The van der Waals surface area contributed by atoms with E-state index in [1.54, 1.807) is 0 Å². The second-order valence-electron chi connectivity index (χ2n) is 7.47. The van der Waals surface area contributed by atoms with Crippen molar-refractivity contribution in [1.29, 1.82) is 0 Å². The third-order valence-corrected chi connectivity index (χ3v) is 6.09. The van der Waals surface area contributed by atoms with E-state index in [1.165, 1.54) is 17.5 Å². The number of anilines is 1. The zero-order valence-electron chi connectivity index (χ0n) is 16.9. The van der Waals surface area contributed by atoms with Crippen molar-refractivity contribution in [2.45, 2.75) is 38.6 Å². The summed E-state index contributed by atoms with van der Waals surface area (Å²) in [5.74, 6) is 1.46. The number of nitrogens with one attached hydrogen (secondary N) is 1. The molecule has 1 unspecified atom stereocenters. The van der Waals surface area contributed by atoms with Gasteiger partial charge >= 0.3 is 0 Å². The molecule has 0 aliphatic carbocycles. The van der Waals surface area contributed by atoms with Gasteiger partial charge in [-0.1, -0.05) is 24.3 Å². The van der Waals surface area contributed by atoms with Crippen LogP contribution in [0.25, 0.3) is 0 Å². The fraction of sp³-hybridized carbons (Fsp3) is 0.455. The van der Waals surface area contributed by atoms with E-state index in [2.05, 4.69) is 33.9 Å². The van der Waals surface area contributed by atoms with Gasteiger partial charge in [-0.15, -0.1) is 0 Å². The lowest BCUT2D eigenvalue weighted by atomic mass is 9.88. The summed E-state index contributed by atoms with van der Waals surface area (Å²) in [6.07, 6.45) is 3.42. The van der Waals surface area contributed by atoms with Gasteiger partial charge in [0, 0.05) is 24.8 Å². The Morgan fingerprint density at radius 3 is 2.21 bits per heavy atom. The van der Waals surface area contributed by atoms with Gasteiger partial charge in [-0.3, -0.25) is 0 Å². The van der Waals surface area contributed by atoms with E-state index in [0.717, 1.165) is 37.2 Å². The van der Waals surface area contributed by atoms with Crippen molar-refractivity contribution in [3.63, 3.8) is 0 Å². The van der Waals surface area contributed by atoms with Crippen LogP contribution in [0, 0.1) is 0 Å². The predicted molar refractivity (Wildman–Crippen MR) is 115 cm³/mol. The van der Waals surface area contributed by atoms with Crippen molar-refractivity contribution in [3.05, 3.63) is 59.7 Å². The zero-order valence-corrected chi connectivity index (χ0v) is 17.7. The molecule has 1 fully saturated rings. The molecular formula is C22H30N2O3S. The van der Waals surface area contributed by atoms with E-state index >= 15 is 0 Å². The molecule has 2 aromatic rings. The molecule has 0 saturated carbocycles. The number of rotatable bonds is 7. The summed E-state index contributed by atoms with van der Waals surface area (Å²) < 4.78 is 31.0. The molecule has 1 aliphatic rings. The maximum Gasteiger partial charge on any atom is 0.209 e. The monoisotopic (exact) mass is 402 g/mol. The van der Waals surface area contributed by atoms with Crippen LogP contribution in [0.3, 0.4) is 0 Å². The molecule has 1 atom stereocenters. The van der Waals surface area contributed by atoms with E-state index in [0.29, 0.717) is 12.5 Å². The minimum absolute atomic E-state index is 0.217. The third-order valence-electron chi connectivity index (χ3n) is 5.31. The molecule has 0 amide bonds. The Labute approximate surface area is 168 Å². The van der Waals surface area contributed by atoms with Gasteiger partial charge in [-0.2, -0.15) is 0 Å². The third kappa shape index (κ3) is 5.49. The van der Waals surface area contributed by atoms with Crippen molar-refractivity contribution in [2.24, 2.45) is 0 Å². The van der Waals surface area contributed by atoms with Crippen LogP contribution < -0.4 is 14.4 Å². The molecule has 0 aromatic heterocycles. The minimum Gasteiger partial charge on any atom is -0.494 e. The van der Waals surface area contributed by atoms with Gasteiger partial charge < -0.3 is 9.64 Å². The van der Waals surface area contributed by atoms with Gasteiger partial charge in [-0.25, -0.2) is 13.1 Å². The molecule has 28 heavy (non-hydrogen) atoms. The van der Waals surface area contributed by atoms with Crippen molar-refractivity contribution in [3.8, 4) is 5.75 Å². The number of piperidine rings is 1. The molecule has 1 heterocycles. The van der Waals surface area contributed by atoms with Crippen LogP contribution in [0.15, 0.2) is 48.5 Å². The van der Waals surface area contributed by atoms with Crippen molar-refractivity contribution in [1.82, 2.24) is 4.72 Å². The van der Waals surface area contributed by atoms with Crippen LogP contribution in [0.2, 0.25) is 0 Å². The largest absolute Gasteiger partial charge is 0.494 e. The smallest absolute Gasteiger partial charge is 0.209 e. The van der Waals surface area contributed by atoms with Crippen molar-refractivity contribution >= 4 is 15.7 Å². The van der Waals surface area contributed by atoms with E-state index in [9.17, 15) is 8.42 Å². The molecule has 0 radical (unpaired) electrons. The van der Waals surface area contributed by atoms with Crippen LogP contribution in [-0.2, 0) is 10.0 Å². The summed E-state index contributed by atoms with van der Waals surface area (Å²) in [7, 11) is -3.20. The molecule has 152 valence electrons. The van der Waals surface area contributed by atoms with E-state index in [1.807, 2.05) is 38.1 Å². The average Bonchev–Trinajstić information content (AvgIpc) is 2.68. The van der Waals surface area contributed by atoms with Gasteiger partial charge in [-0.05, 0) is 68.0 Å². The standard InChI is InChI=1S/C22H30N2O3S/c1-4-27-22-11-9-21(10-12-22)24-15-13-20(14-16-24)19-7-5-18(6-8-19)17(2)23-28(3,25)26/h5-12,17,20,23H,4,13-16H2,1-3H3. The Balaban J connectivity index is 1.57. The summed E-state index contributed by atoms with van der Waals surface area (Å²) in [4.78, 5) is 2.43. The van der Waals surface area contributed by atoms with Gasteiger partial charge in [0.15, 0.2) is 0 Å². The highest BCUT2D eigenvalue weighted by molar-refractivity contribution is 7.88. The normalized spacial score (nSPS) is 16.8. The summed E-state index contributed by atoms with van der Waals surface area (Å²) in [6.45, 7) is 6.62. The number of hydrogen-bond acceptors (Lipinski definition) is 4. The Morgan fingerprint density at radius 1 is 1.07 bits per heavy atom. The van der Waals surface area contributed by atoms with E-state index in [-0.39, 0.29) is 6.04 Å². The van der Waals surface area contributed by atoms with E-state index in [4.69, 9.17) is 4.74 Å². The molecule has 5 nitrogen and oxygen atoms in total. The highest BCUT2D eigenvalue weighted by Crippen LogP contribution is 2.31. The Morgan fingerprint density at radius 2 is 1.68 bits per heavy atom. The highest BCUT2D eigenvalue weighted by Gasteiger charge is 2.21. The first-order valence-corrected chi connectivity index (χ1v) is 11.8. The summed E-state index contributed by atoms with van der Waals surface area (Å²) >= 11 is 0. The second kappa shape index (κ2) is 8.97. The maximum absolute atomic E-state index is 11.4. The number of benzene rings is 2. The fourth-order valence-electron chi connectivity index (χ4n) is 3.84. The van der Waals surface area contributed by atoms with Crippen LogP contribution in [0.4, 0.5) is 5.69 Å². The number of nitrogens with zero attached hydrogens (tertiary/aromatic N) is 1. The second-order valence-corrected chi connectivity index (χ2v) is 9.25. The van der Waals surface area contributed by atoms with Gasteiger partial charge in [0.25, 0.3) is 0 Å². The van der Waals surface area contributed by atoms with Crippen molar-refractivity contribution < 1.29 is 13.2 Å².